The predicted molar refractivity (Wildman–Crippen MR) is 85.0 cm³/mol. The highest BCUT2D eigenvalue weighted by molar-refractivity contribution is 9.10. The molecule has 2 N–H and O–H groups in total. The smallest absolute Gasteiger partial charge is 0.268 e. The molecule has 0 aliphatic carbocycles. The van der Waals surface area contributed by atoms with E-state index in [1.54, 1.807) is 0 Å². The Morgan fingerprint density at radius 1 is 1.50 bits per heavy atom. The first-order chi connectivity index (χ1) is 9.49. The highest BCUT2D eigenvalue weighted by Crippen LogP contribution is 2.20. The Kier molecular flexibility index (Phi) is 5.27. The van der Waals surface area contributed by atoms with Gasteiger partial charge in [0.15, 0.2) is 0 Å². The first-order valence-corrected chi connectivity index (χ1v) is 8.17. The maximum absolute atomic E-state index is 12.5. The average Bonchev–Trinajstić information content (AvgIpc) is 2.82. The number of carbonyl (C=O) groups excluding carboxylic acids is 1. The molecule has 1 saturated heterocycles. The monoisotopic (exact) mass is 341 g/mol. The van der Waals surface area contributed by atoms with Crippen molar-refractivity contribution in [1.29, 1.82) is 0 Å². The summed E-state index contributed by atoms with van der Waals surface area (Å²) in [6, 6.07) is 2.36. The summed E-state index contributed by atoms with van der Waals surface area (Å²) in [6.45, 7) is 8.36. The van der Waals surface area contributed by atoms with Crippen molar-refractivity contribution < 1.29 is 4.79 Å². The van der Waals surface area contributed by atoms with Crippen molar-refractivity contribution in [2.45, 2.75) is 45.7 Å². The van der Waals surface area contributed by atoms with Crippen molar-refractivity contribution in [2.24, 2.45) is 5.92 Å². The molecule has 2 unspecified atom stereocenters. The summed E-state index contributed by atoms with van der Waals surface area (Å²) in [5.74, 6) is 0.543. The Bertz CT molecular complexity index is 464. The first kappa shape index (κ1) is 15.6. The topological polar surface area (TPSA) is 46.1 Å². The van der Waals surface area contributed by atoms with Crippen LogP contribution in [0.3, 0.4) is 0 Å². The van der Waals surface area contributed by atoms with Crippen LogP contribution in [0.1, 0.15) is 50.1 Å². The molecule has 1 aromatic rings. The van der Waals surface area contributed by atoms with Crippen LogP contribution in [0.15, 0.2) is 16.7 Å². The molecule has 1 fully saturated rings. The third-order valence-corrected chi connectivity index (χ3v) is 4.44. The molecule has 0 saturated carbocycles. The molecule has 5 heteroatoms. The van der Waals surface area contributed by atoms with Crippen LogP contribution in [0.25, 0.3) is 0 Å². The summed E-state index contributed by atoms with van der Waals surface area (Å²) in [5, 5.41) is 6.55. The van der Waals surface area contributed by atoms with Crippen molar-refractivity contribution in [3.8, 4) is 0 Å². The summed E-state index contributed by atoms with van der Waals surface area (Å²) < 4.78 is 2.95. The molecule has 1 aromatic heterocycles. The molecule has 0 spiro atoms. The van der Waals surface area contributed by atoms with E-state index in [0.29, 0.717) is 5.92 Å². The van der Waals surface area contributed by atoms with Gasteiger partial charge in [0.25, 0.3) is 5.91 Å². The Morgan fingerprint density at radius 3 is 2.85 bits per heavy atom. The molecular formula is C15H24BrN3O. The van der Waals surface area contributed by atoms with E-state index in [4.69, 9.17) is 0 Å². The lowest BCUT2D eigenvalue weighted by Crippen LogP contribution is -2.45. The van der Waals surface area contributed by atoms with E-state index in [1.807, 2.05) is 16.8 Å². The summed E-state index contributed by atoms with van der Waals surface area (Å²) in [7, 11) is 0. The van der Waals surface area contributed by atoms with Crippen LogP contribution in [0.4, 0.5) is 0 Å². The highest BCUT2D eigenvalue weighted by atomic mass is 79.9. The van der Waals surface area contributed by atoms with Crippen LogP contribution in [0.2, 0.25) is 0 Å². The quantitative estimate of drug-likeness (QED) is 0.884. The fourth-order valence-corrected chi connectivity index (χ4v) is 3.20. The fourth-order valence-electron chi connectivity index (χ4n) is 2.76. The van der Waals surface area contributed by atoms with Gasteiger partial charge in [-0.25, -0.2) is 0 Å². The molecule has 4 nitrogen and oxygen atoms in total. The summed E-state index contributed by atoms with van der Waals surface area (Å²) in [5.41, 5.74) is 0.725. The number of halogens is 1. The maximum atomic E-state index is 12.5. The molecule has 20 heavy (non-hydrogen) atoms. The Morgan fingerprint density at radius 2 is 2.25 bits per heavy atom. The molecule has 1 aliphatic heterocycles. The zero-order valence-electron chi connectivity index (χ0n) is 12.4. The number of piperidine rings is 1. The van der Waals surface area contributed by atoms with Crippen molar-refractivity contribution in [3.05, 3.63) is 22.4 Å². The molecule has 2 atom stereocenters. The first-order valence-electron chi connectivity index (χ1n) is 7.38. The van der Waals surface area contributed by atoms with Gasteiger partial charge in [0.2, 0.25) is 0 Å². The standard InChI is InChI=1S/C15H24BrN3O/c1-10(2)19-9-13(16)7-14(19)15(20)18-11(3)12-5-4-6-17-8-12/h7,9-12,17H,4-6,8H2,1-3H3,(H,18,20). The third kappa shape index (κ3) is 3.64. The zero-order valence-corrected chi connectivity index (χ0v) is 14.0. The van der Waals surface area contributed by atoms with Crippen molar-refractivity contribution in [3.63, 3.8) is 0 Å². The van der Waals surface area contributed by atoms with E-state index in [1.165, 1.54) is 12.8 Å². The highest BCUT2D eigenvalue weighted by Gasteiger charge is 2.23. The average molecular weight is 342 g/mol. The van der Waals surface area contributed by atoms with Crippen LogP contribution in [0.5, 0.6) is 0 Å². The Balaban J connectivity index is 2.04. The summed E-state index contributed by atoms with van der Waals surface area (Å²) in [6.07, 6.45) is 4.34. The van der Waals surface area contributed by atoms with Gasteiger partial charge in [-0.3, -0.25) is 4.79 Å². The van der Waals surface area contributed by atoms with E-state index in [0.717, 1.165) is 23.3 Å². The lowest BCUT2D eigenvalue weighted by Gasteiger charge is -2.29. The molecule has 2 rings (SSSR count). The van der Waals surface area contributed by atoms with Gasteiger partial charge in [-0.2, -0.15) is 0 Å². The van der Waals surface area contributed by atoms with Crippen LogP contribution in [-0.4, -0.2) is 29.6 Å². The predicted octanol–water partition coefficient (Wildman–Crippen LogP) is 2.95. The summed E-state index contributed by atoms with van der Waals surface area (Å²) in [4.78, 5) is 12.5. The van der Waals surface area contributed by atoms with E-state index in [9.17, 15) is 4.79 Å². The number of aromatic nitrogens is 1. The van der Waals surface area contributed by atoms with Crippen molar-refractivity contribution >= 4 is 21.8 Å². The maximum Gasteiger partial charge on any atom is 0.268 e. The van der Waals surface area contributed by atoms with Gasteiger partial charge in [0.05, 0.1) is 0 Å². The van der Waals surface area contributed by atoms with Gasteiger partial charge in [0, 0.05) is 22.8 Å². The van der Waals surface area contributed by atoms with Gasteiger partial charge in [0.1, 0.15) is 5.69 Å². The van der Waals surface area contributed by atoms with Gasteiger partial charge in [-0.05, 0) is 74.6 Å². The van der Waals surface area contributed by atoms with Crippen molar-refractivity contribution in [2.75, 3.05) is 13.1 Å². The molecular weight excluding hydrogens is 318 g/mol. The number of carbonyl (C=O) groups is 1. The SMILES string of the molecule is CC(NC(=O)c1cc(Br)cn1C(C)C)C1CCCNC1. The lowest BCUT2D eigenvalue weighted by atomic mass is 9.93. The fraction of sp³-hybridized carbons (Fsp3) is 0.667. The van der Waals surface area contributed by atoms with Crippen LogP contribution in [-0.2, 0) is 0 Å². The van der Waals surface area contributed by atoms with Crippen LogP contribution >= 0.6 is 15.9 Å². The largest absolute Gasteiger partial charge is 0.348 e. The number of hydrogen-bond acceptors (Lipinski definition) is 2. The minimum absolute atomic E-state index is 0.0162. The number of hydrogen-bond donors (Lipinski definition) is 2. The molecule has 112 valence electrons. The summed E-state index contributed by atoms with van der Waals surface area (Å²) >= 11 is 3.45. The second-order valence-electron chi connectivity index (χ2n) is 5.91. The second kappa shape index (κ2) is 6.76. The number of nitrogens with zero attached hydrogens (tertiary/aromatic N) is 1. The van der Waals surface area contributed by atoms with Gasteiger partial charge in [-0.15, -0.1) is 0 Å². The third-order valence-electron chi connectivity index (χ3n) is 4.01. The Hall–Kier alpha value is -0.810. The number of amides is 1. The molecule has 2 heterocycles. The number of rotatable bonds is 4. The minimum atomic E-state index is 0.0162. The molecule has 0 bridgehead atoms. The van der Waals surface area contributed by atoms with Gasteiger partial charge in [-0.1, -0.05) is 0 Å². The molecule has 1 aliphatic rings. The van der Waals surface area contributed by atoms with E-state index in [-0.39, 0.29) is 18.0 Å². The number of nitrogens with one attached hydrogen (secondary N) is 2. The van der Waals surface area contributed by atoms with Gasteiger partial charge >= 0.3 is 0 Å². The lowest BCUT2D eigenvalue weighted by molar-refractivity contribution is 0.0911. The van der Waals surface area contributed by atoms with E-state index >= 15 is 0 Å². The normalized spacial score (nSPS) is 20.9. The molecule has 0 radical (unpaired) electrons. The molecule has 0 aromatic carbocycles. The molecule has 1 amide bonds. The second-order valence-corrected chi connectivity index (χ2v) is 6.83. The van der Waals surface area contributed by atoms with E-state index < -0.39 is 0 Å². The van der Waals surface area contributed by atoms with Crippen molar-refractivity contribution in [1.82, 2.24) is 15.2 Å². The van der Waals surface area contributed by atoms with Crippen LogP contribution in [0, 0.1) is 5.92 Å². The zero-order chi connectivity index (χ0) is 14.7. The van der Waals surface area contributed by atoms with Crippen LogP contribution < -0.4 is 10.6 Å². The Labute approximate surface area is 129 Å². The van der Waals surface area contributed by atoms with Gasteiger partial charge < -0.3 is 15.2 Å². The van der Waals surface area contributed by atoms with E-state index in [2.05, 4.69) is 47.3 Å². The minimum Gasteiger partial charge on any atom is -0.348 e.